The van der Waals surface area contributed by atoms with Crippen molar-refractivity contribution in [2.75, 3.05) is 5.73 Å². The molecule has 0 unspecified atom stereocenters. The largest absolute Gasteiger partial charge is 0.398 e. The molecule has 0 atom stereocenters. The van der Waals surface area contributed by atoms with Crippen LogP contribution < -0.4 is 5.73 Å². The van der Waals surface area contributed by atoms with E-state index in [2.05, 4.69) is 0 Å². The number of hydrogen-bond donors (Lipinski definition) is 1. The maximum absolute atomic E-state index is 12.4. The Hall–Kier alpha value is -1.40. The molecule has 0 aliphatic carbocycles. The van der Waals surface area contributed by atoms with E-state index in [1.165, 1.54) is 12.1 Å². The van der Waals surface area contributed by atoms with Gasteiger partial charge < -0.3 is 5.73 Å². The van der Waals surface area contributed by atoms with Gasteiger partial charge in [0.15, 0.2) is 0 Å². The van der Waals surface area contributed by atoms with Crippen LogP contribution in [0.1, 0.15) is 16.7 Å². The van der Waals surface area contributed by atoms with Gasteiger partial charge in [-0.25, -0.2) is 13.2 Å². The Kier molecular flexibility index (Phi) is 7.16. The summed E-state index contributed by atoms with van der Waals surface area (Å²) >= 11 is 0. The van der Waals surface area contributed by atoms with Crippen LogP contribution in [-0.4, -0.2) is 6.68 Å². The molecule has 0 amide bonds. The Morgan fingerprint density at radius 2 is 1.35 bits per heavy atom. The first-order chi connectivity index (χ1) is 7.97. The summed E-state index contributed by atoms with van der Waals surface area (Å²) < 4.78 is 66.1. The minimum atomic E-state index is -3.67. The average molecular weight is 259 g/mol. The van der Waals surface area contributed by atoms with E-state index < -0.39 is 26.7 Å². The lowest BCUT2D eigenvalue weighted by Gasteiger charge is -2.09. The van der Waals surface area contributed by atoms with Crippen LogP contribution >= 0.6 is 0 Å². The maximum atomic E-state index is 12.4. The SMILES string of the molecule is FC(F)F.Nc1ccc(CF)c(CF)c1CF. The molecule has 98 valence electrons. The van der Waals surface area contributed by atoms with Gasteiger partial charge in [-0.1, -0.05) is 6.07 Å². The van der Waals surface area contributed by atoms with Gasteiger partial charge in [-0.05, 0) is 17.2 Å². The van der Waals surface area contributed by atoms with Crippen LogP contribution in [-0.2, 0) is 20.0 Å². The Labute approximate surface area is 94.2 Å². The Morgan fingerprint density at radius 1 is 0.882 bits per heavy atom. The van der Waals surface area contributed by atoms with E-state index in [-0.39, 0.29) is 22.4 Å². The van der Waals surface area contributed by atoms with Gasteiger partial charge in [0.25, 0.3) is 0 Å². The number of hydrogen-bond acceptors (Lipinski definition) is 1. The van der Waals surface area contributed by atoms with Crippen molar-refractivity contribution in [3.05, 3.63) is 28.8 Å². The average Bonchev–Trinajstić information content (AvgIpc) is 2.27. The Balaban J connectivity index is 0.000000557. The first kappa shape index (κ1) is 15.6. The molecule has 1 nitrogen and oxygen atoms in total. The van der Waals surface area contributed by atoms with E-state index in [4.69, 9.17) is 5.73 Å². The van der Waals surface area contributed by atoms with Crippen LogP contribution in [0.25, 0.3) is 0 Å². The van der Waals surface area contributed by atoms with Crippen molar-refractivity contribution in [2.24, 2.45) is 0 Å². The fourth-order valence-electron chi connectivity index (χ4n) is 1.21. The van der Waals surface area contributed by atoms with E-state index >= 15 is 0 Å². The van der Waals surface area contributed by atoms with E-state index in [9.17, 15) is 26.3 Å². The summed E-state index contributed by atoms with van der Waals surface area (Å²) in [5.41, 5.74) is 5.86. The van der Waals surface area contributed by atoms with Crippen LogP contribution in [0.3, 0.4) is 0 Å². The minimum absolute atomic E-state index is 0.0463. The second-order valence-electron chi connectivity index (χ2n) is 2.92. The molecule has 0 heterocycles. The molecular weight excluding hydrogens is 248 g/mol. The quantitative estimate of drug-likeness (QED) is 0.647. The van der Waals surface area contributed by atoms with Crippen molar-refractivity contribution in [2.45, 2.75) is 26.7 Å². The standard InChI is InChI=1S/C9H10F3N.CHF3/c10-3-6-1-2-9(13)8(5-12)7(6)4-11;2-1(3)4/h1-2H,3-5,13H2;1H. The molecule has 1 rings (SSSR count). The molecule has 1 aromatic carbocycles. The van der Waals surface area contributed by atoms with Gasteiger partial charge in [-0.15, -0.1) is 0 Å². The molecule has 0 aliphatic heterocycles. The third-order valence-electron chi connectivity index (χ3n) is 1.98. The molecule has 0 aliphatic rings. The van der Waals surface area contributed by atoms with Crippen LogP contribution in [0.4, 0.5) is 32.0 Å². The molecule has 0 saturated carbocycles. The number of anilines is 1. The minimum Gasteiger partial charge on any atom is -0.398 e. The molecule has 1 aromatic rings. The molecule has 0 bridgehead atoms. The first-order valence-corrected chi connectivity index (χ1v) is 4.47. The Morgan fingerprint density at radius 3 is 1.71 bits per heavy atom. The van der Waals surface area contributed by atoms with Gasteiger partial charge in [-0.3, -0.25) is 0 Å². The fourth-order valence-corrected chi connectivity index (χ4v) is 1.21. The number of alkyl halides is 6. The van der Waals surface area contributed by atoms with E-state index in [1.807, 2.05) is 0 Å². The normalized spacial score (nSPS) is 10.1. The zero-order valence-electron chi connectivity index (χ0n) is 8.70. The molecule has 7 heteroatoms. The number of benzene rings is 1. The van der Waals surface area contributed by atoms with Crippen molar-refractivity contribution in [1.29, 1.82) is 0 Å². The molecular formula is C10H11F6N. The van der Waals surface area contributed by atoms with Crippen LogP contribution in [0.2, 0.25) is 0 Å². The van der Waals surface area contributed by atoms with Crippen LogP contribution in [0.5, 0.6) is 0 Å². The van der Waals surface area contributed by atoms with Crippen molar-refractivity contribution >= 4 is 5.69 Å². The lowest BCUT2D eigenvalue weighted by Crippen LogP contribution is -2.01. The van der Waals surface area contributed by atoms with Crippen molar-refractivity contribution < 1.29 is 26.3 Å². The predicted octanol–water partition coefficient (Wildman–Crippen LogP) is 3.86. The van der Waals surface area contributed by atoms with Gasteiger partial charge in [0.2, 0.25) is 0 Å². The molecule has 0 fully saturated rings. The summed E-state index contributed by atoms with van der Waals surface area (Å²) in [6, 6.07) is 2.77. The third-order valence-corrected chi connectivity index (χ3v) is 1.98. The highest BCUT2D eigenvalue weighted by molar-refractivity contribution is 5.53. The molecule has 0 radical (unpaired) electrons. The molecule has 0 aromatic heterocycles. The number of nitrogens with two attached hydrogens (primary N) is 1. The fraction of sp³-hybridized carbons (Fsp3) is 0.400. The summed E-state index contributed by atoms with van der Waals surface area (Å²) in [4.78, 5) is 0. The van der Waals surface area contributed by atoms with Crippen molar-refractivity contribution in [3.63, 3.8) is 0 Å². The maximum Gasteiger partial charge on any atom is 0.379 e. The van der Waals surface area contributed by atoms with Gasteiger partial charge in [0.05, 0.1) is 0 Å². The lowest BCUT2D eigenvalue weighted by atomic mass is 10.0. The zero-order chi connectivity index (χ0) is 13.4. The van der Waals surface area contributed by atoms with Gasteiger partial charge in [0.1, 0.15) is 20.0 Å². The van der Waals surface area contributed by atoms with Crippen molar-refractivity contribution in [3.8, 4) is 0 Å². The zero-order valence-corrected chi connectivity index (χ0v) is 8.70. The highest BCUT2D eigenvalue weighted by Crippen LogP contribution is 2.24. The smallest absolute Gasteiger partial charge is 0.379 e. The number of halogens is 6. The Bertz CT molecular complexity index is 339. The van der Waals surface area contributed by atoms with Crippen LogP contribution in [0.15, 0.2) is 12.1 Å². The second kappa shape index (κ2) is 7.81. The van der Waals surface area contributed by atoms with Gasteiger partial charge in [0, 0.05) is 11.3 Å². The van der Waals surface area contributed by atoms with E-state index in [0.717, 1.165) is 0 Å². The highest BCUT2D eigenvalue weighted by Gasteiger charge is 2.11. The van der Waals surface area contributed by atoms with E-state index in [1.54, 1.807) is 0 Å². The van der Waals surface area contributed by atoms with Crippen molar-refractivity contribution in [1.82, 2.24) is 0 Å². The molecule has 0 saturated heterocycles. The number of nitrogen functional groups attached to an aromatic ring is 1. The summed E-state index contributed by atoms with van der Waals surface area (Å²) in [7, 11) is 0. The predicted molar refractivity (Wildman–Crippen MR) is 52.4 cm³/mol. The van der Waals surface area contributed by atoms with Gasteiger partial charge in [-0.2, -0.15) is 13.2 Å². The second-order valence-corrected chi connectivity index (χ2v) is 2.92. The summed E-state index contributed by atoms with van der Waals surface area (Å²) in [5.74, 6) is 0. The molecule has 17 heavy (non-hydrogen) atoms. The topological polar surface area (TPSA) is 26.0 Å². The number of rotatable bonds is 3. The monoisotopic (exact) mass is 259 g/mol. The van der Waals surface area contributed by atoms with E-state index in [0.29, 0.717) is 0 Å². The summed E-state index contributed by atoms with van der Waals surface area (Å²) in [6.07, 6.45) is 0. The summed E-state index contributed by atoms with van der Waals surface area (Å²) in [6.45, 7) is -6.21. The summed E-state index contributed by atoms with van der Waals surface area (Å²) in [5, 5.41) is 0. The highest BCUT2D eigenvalue weighted by atomic mass is 19.4. The lowest BCUT2D eigenvalue weighted by molar-refractivity contribution is 0.00819. The molecule has 0 spiro atoms. The third kappa shape index (κ3) is 4.97. The van der Waals surface area contributed by atoms with Crippen LogP contribution in [0, 0.1) is 0 Å². The molecule has 2 N–H and O–H groups in total. The van der Waals surface area contributed by atoms with Gasteiger partial charge >= 0.3 is 6.68 Å². The first-order valence-electron chi connectivity index (χ1n) is 4.47.